The van der Waals surface area contributed by atoms with Crippen LogP contribution in [-0.2, 0) is 0 Å². The van der Waals surface area contributed by atoms with Crippen LogP contribution in [0.15, 0.2) is 48.5 Å². The number of hydrogen-bond donors (Lipinski definition) is 0. The van der Waals surface area contributed by atoms with Gasteiger partial charge < -0.3 is 0 Å². The molecular weight excluding hydrogens is 259 g/mol. The zero-order valence-corrected chi connectivity index (χ0v) is 11.2. The van der Waals surface area contributed by atoms with Crippen LogP contribution in [0.25, 0.3) is 0 Å². The number of hydrogen-bond acceptors (Lipinski definition) is 0. The lowest BCUT2D eigenvalue weighted by Crippen LogP contribution is -2.36. The van der Waals surface area contributed by atoms with E-state index >= 15 is 0 Å². The van der Waals surface area contributed by atoms with Gasteiger partial charge >= 0.3 is 0 Å². The first-order valence-electron chi connectivity index (χ1n) is 5.44. The van der Waals surface area contributed by atoms with E-state index in [2.05, 4.69) is 78.1 Å². The topological polar surface area (TPSA) is 0 Å². The second kappa shape index (κ2) is 4.88. The first kappa shape index (κ1) is 11.5. The average Bonchev–Trinajstić information content (AvgIpc) is 2.30. The lowest BCUT2D eigenvalue weighted by molar-refractivity contribution is 1.48. The minimum absolute atomic E-state index is 0.286. The maximum Gasteiger partial charge on any atom is 0.287 e. The zero-order valence-electron chi connectivity index (χ0n) is 9.57. The summed E-state index contributed by atoms with van der Waals surface area (Å²) in [6.07, 6.45) is 0. The molecule has 0 N–H and O–H groups in total. The summed E-state index contributed by atoms with van der Waals surface area (Å²) in [5.41, 5.74) is 5.48. The third kappa shape index (κ3) is 2.56. The van der Waals surface area contributed by atoms with Crippen molar-refractivity contribution in [2.75, 3.05) is 0 Å². The molecular formula is C14H14BBr. The van der Waals surface area contributed by atoms with Crippen molar-refractivity contribution >= 4 is 32.2 Å². The van der Waals surface area contributed by atoms with Gasteiger partial charge in [-0.2, -0.15) is 0 Å². The second-order valence-electron chi connectivity index (χ2n) is 4.18. The van der Waals surface area contributed by atoms with Gasteiger partial charge in [-0.1, -0.05) is 70.6 Å². The van der Waals surface area contributed by atoms with Gasteiger partial charge in [0.15, 0.2) is 0 Å². The summed E-state index contributed by atoms with van der Waals surface area (Å²) < 4.78 is 0. The van der Waals surface area contributed by atoms with Gasteiger partial charge in [0.1, 0.15) is 0 Å². The Morgan fingerprint density at radius 2 is 1.00 bits per heavy atom. The fraction of sp³-hybridized carbons (Fsp3) is 0.143. The van der Waals surface area contributed by atoms with Gasteiger partial charge in [0.05, 0.1) is 0 Å². The van der Waals surface area contributed by atoms with E-state index in [-0.39, 0.29) is 5.54 Å². The van der Waals surface area contributed by atoms with E-state index in [4.69, 9.17) is 0 Å². The molecule has 2 heteroatoms. The maximum atomic E-state index is 3.74. The number of halogens is 1. The fourth-order valence-corrected chi connectivity index (χ4v) is 2.27. The third-order valence-electron chi connectivity index (χ3n) is 2.74. The van der Waals surface area contributed by atoms with Crippen molar-refractivity contribution in [3.8, 4) is 0 Å². The van der Waals surface area contributed by atoms with Gasteiger partial charge in [0.2, 0.25) is 0 Å². The van der Waals surface area contributed by atoms with Crippen LogP contribution in [0.5, 0.6) is 0 Å². The van der Waals surface area contributed by atoms with Crippen molar-refractivity contribution in [3.05, 3.63) is 59.7 Å². The Kier molecular flexibility index (Phi) is 3.50. The SMILES string of the molecule is Cc1ccc(B(Br)c2ccc(C)cc2)cc1. The first-order valence-corrected chi connectivity index (χ1v) is 6.35. The molecule has 80 valence electrons. The highest BCUT2D eigenvalue weighted by molar-refractivity contribution is 9.25. The van der Waals surface area contributed by atoms with Crippen molar-refractivity contribution in [1.29, 1.82) is 0 Å². The van der Waals surface area contributed by atoms with Gasteiger partial charge in [-0.25, -0.2) is 0 Å². The summed E-state index contributed by atoms with van der Waals surface area (Å²) >= 11 is 3.74. The Hall–Kier alpha value is -1.02. The van der Waals surface area contributed by atoms with Crippen LogP contribution in [0.3, 0.4) is 0 Å². The van der Waals surface area contributed by atoms with Crippen LogP contribution < -0.4 is 10.9 Å². The molecule has 0 amide bonds. The Bertz CT molecular complexity index is 414. The molecule has 0 saturated carbocycles. The standard InChI is InChI=1S/C14H14BBr/c1-11-3-7-13(8-4-11)15(16)14-9-5-12(2)6-10-14/h3-10H,1-2H3. The molecule has 0 saturated heterocycles. The quantitative estimate of drug-likeness (QED) is 0.738. The van der Waals surface area contributed by atoms with Gasteiger partial charge in [-0.15, -0.1) is 15.8 Å². The van der Waals surface area contributed by atoms with Crippen LogP contribution in [0.4, 0.5) is 0 Å². The molecule has 16 heavy (non-hydrogen) atoms. The van der Waals surface area contributed by atoms with Crippen LogP contribution in [0.1, 0.15) is 11.1 Å². The Balaban J connectivity index is 2.28. The van der Waals surface area contributed by atoms with Crippen LogP contribution in [0.2, 0.25) is 0 Å². The van der Waals surface area contributed by atoms with E-state index in [9.17, 15) is 0 Å². The first-order chi connectivity index (χ1) is 7.66. The lowest BCUT2D eigenvalue weighted by Gasteiger charge is -2.08. The highest BCUT2D eigenvalue weighted by Gasteiger charge is 2.14. The van der Waals surface area contributed by atoms with E-state index in [0.717, 1.165) is 0 Å². The Morgan fingerprint density at radius 3 is 1.31 bits per heavy atom. The maximum absolute atomic E-state index is 3.74. The Morgan fingerprint density at radius 1 is 0.688 bits per heavy atom. The summed E-state index contributed by atoms with van der Waals surface area (Å²) in [7, 11) is 0. The summed E-state index contributed by atoms with van der Waals surface area (Å²) in [5.74, 6) is 0. The van der Waals surface area contributed by atoms with Gasteiger partial charge in [0, 0.05) is 0 Å². The lowest BCUT2D eigenvalue weighted by atomic mass is 9.63. The molecule has 0 fully saturated rings. The van der Waals surface area contributed by atoms with Crippen molar-refractivity contribution in [2.45, 2.75) is 13.8 Å². The molecule has 0 nitrogen and oxygen atoms in total. The predicted molar refractivity (Wildman–Crippen MR) is 76.3 cm³/mol. The van der Waals surface area contributed by atoms with E-state index in [0.29, 0.717) is 0 Å². The minimum Gasteiger partial charge on any atom is -0.143 e. The third-order valence-corrected chi connectivity index (χ3v) is 3.80. The second-order valence-corrected chi connectivity index (χ2v) is 5.10. The van der Waals surface area contributed by atoms with E-state index < -0.39 is 0 Å². The van der Waals surface area contributed by atoms with E-state index in [1.165, 1.54) is 22.1 Å². The molecule has 2 aromatic rings. The summed E-state index contributed by atoms with van der Waals surface area (Å²) in [5, 5.41) is 0. The molecule has 0 aliphatic heterocycles. The van der Waals surface area contributed by atoms with Crippen molar-refractivity contribution < 1.29 is 0 Å². The highest BCUT2D eigenvalue weighted by atomic mass is 79.9. The molecule has 0 heterocycles. The fourth-order valence-electron chi connectivity index (χ4n) is 1.66. The highest BCUT2D eigenvalue weighted by Crippen LogP contribution is 2.02. The number of rotatable bonds is 2. The zero-order chi connectivity index (χ0) is 11.5. The number of benzene rings is 2. The van der Waals surface area contributed by atoms with E-state index in [1.807, 2.05) is 0 Å². The largest absolute Gasteiger partial charge is 0.287 e. The molecule has 0 aliphatic rings. The van der Waals surface area contributed by atoms with E-state index in [1.54, 1.807) is 0 Å². The van der Waals surface area contributed by atoms with Crippen LogP contribution in [0, 0.1) is 13.8 Å². The monoisotopic (exact) mass is 272 g/mol. The Labute approximate surface area is 106 Å². The van der Waals surface area contributed by atoms with Crippen molar-refractivity contribution in [2.24, 2.45) is 0 Å². The minimum atomic E-state index is 0.286. The smallest absolute Gasteiger partial charge is 0.143 e. The van der Waals surface area contributed by atoms with Crippen molar-refractivity contribution in [1.82, 2.24) is 0 Å². The van der Waals surface area contributed by atoms with Crippen molar-refractivity contribution in [3.63, 3.8) is 0 Å². The molecule has 0 aromatic heterocycles. The van der Waals surface area contributed by atoms with Gasteiger partial charge in [0.25, 0.3) is 5.54 Å². The molecule has 0 aliphatic carbocycles. The van der Waals surface area contributed by atoms with Crippen LogP contribution in [-0.4, -0.2) is 5.54 Å². The summed E-state index contributed by atoms with van der Waals surface area (Å²) in [6, 6.07) is 17.3. The average molecular weight is 273 g/mol. The summed E-state index contributed by atoms with van der Waals surface area (Å²) in [4.78, 5) is 0. The summed E-state index contributed by atoms with van der Waals surface area (Å²) in [6.45, 7) is 4.22. The molecule has 2 rings (SSSR count). The molecule has 0 unspecified atom stereocenters. The molecule has 0 radical (unpaired) electrons. The predicted octanol–water partition coefficient (Wildman–Crippen LogP) is 2.80. The van der Waals surface area contributed by atoms with Gasteiger partial charge in [-0.05, 0) is 13.8 Å². The molecule has 0 spiro atoms. The number of aryl methyl sites for hydroxylation is 2. The molecule has 0 atom stereocenters. The van der Waals surface area contributed by atoms with Crippen LogP contribution >= 0.6 is 15.8 Å². The molecule has 2 aromatic carbocycles. The normalized spacial score (nSPS) is 10.2. The van der Waals surface area contributed by atoms with Gasteiger partial charge in [-0.3, -0.25) is 0 Å². The molecule has 0 bridgehead atoms.